The largest absolute Gasteiger partial charge is 0.324 e. The van der Waals surface area contributed by atoms with Gasteiger partial charge in [0.05, 0.1) is 0 Å². The summed E-state index contributed by atoms with van der Waals surface area (Å²) in [5.41, 5.74) is 5.83. The Labute approximate surface area is 115 Å². The fourth-order valence-corrected chi connectivity index (χ4v) is 2.28. The molecule has 0 radical (unpaired) electrons. The average Bonchev–Trinajstić information content (AvgIpc) is 2.27. The van der Waals surface area contributed by atoms with Crippen molar-refractivity contribution < 1.29 is 8.78 Å². The molecule has 0 saturated carbocycles. The standard InChI is InChI=1S/C14H18BrF2N/c1-2-3-4-5-6-7-13(18)14-11(16)8-10(15)9-12(14)17/h2,8-9,13H,1,3-7,18H2. The highest BCUT2D eigenvalue weighted by atomic mass is 79.9. The van der Waals surface area contributed by atoms with Crippen LogP contribution >= 0.6 is 15.9 Å². The second-order valence-corrected chi connectivity index (χ2v) is 5.23. The van der Waals surface area contributed by atoms with Crippen LogP contribution in [0.2, 0.25) is 0 Å². The topological polar surface area (TPSA) is 26.0 Å². The van der Waals surface area contributed by atoms with Crippen LogP contribution in [-0.4, -0.2) is 0 Å². The monoisotopic (exact) mass is 317 g/mol. The Morgan fingerprint density at radius 2 is 1.83 bits per heavy atom. The maximum Gasteiger partial charge on any atom is 0.132 e. The van der Waals surface area contributed by atoms with Gasteiger partial charge in [0, 0.05) is 16.1 Å². The lowest BCUT2D eigenvalue weighted by molar-refractivity contribution is 0.495. The summed E-state index contributed by atoms with van der Waals surface area (Å²) in [6, 6.07) is 1.91. The van der Waals surface area contributed by atoms with E-state index >= 15 is 0 Å². The maximum absolute atomic E-state index is 13.6. The predicted octanol–water partition coefficient (Wildman–Crippen LogP) is 4.86. The van der Waals surface area contributed by atoms with Gasteiger partial charge in [0.1, 0.15) is 11.6 Å². The van der Waals surface area contributed by atoms with Crippen molar-refractivity contribution in [1.29, 1.82) is 0 Å². The normalized spacial score (nSPS) is 12.4. The molecule has 1 atom stereocenters. The molecule has 0 fully saturated rings. The highest BCUT2D eigenvalue weighted by Crippen LogP contribution is 2.26. The highest BCUT2D eigenvalue weighted by Gasteiger charge is 2.17. The highest BCUT2D eigenvalue weighted by molar-refractivity contribution is 9.10. The molecular weight excluding hydrogens is 300 g/mol. The lowest BCUT2D eigenvalue weighted by Gasteiger charge is -2.14. The summed E-state index contributed by atoms with van der Waals surface area (Å²) >= 11 is 3.05. The number of rotatable bonds is 7. The van der Waals surface area contributed by atoms with Crippen LogP contribution in [0.5, 0.6) is 0 Å². The second-order valence-electron chi connectivity index (χ2n) is 4.32. The van der Waals surface area contributed by atoms with Gasteiger partial charge in [0.2, 0.25) is 0 Å². The first-order chi connectivity index (χ1) is 8.56. The van der Waals surface area contributed by atoms with Crippen LogP contribution < -0.4 is 5.73 Å². The number of nitrogens with two attached hydrogens (primary N) is 1. The van der Waals surface area contributed by atoms with E-state index in [4.69, 9.17) is 5.73 Å². The SMILES string of the molecule is C=CCCCCCC(N)c1c(F)cc(Br)cc1F. The molecule has 0 aliphatic rings. The molecule has 1 aromatic carbocycles. The number of halogens is 3. The van der Waals surface area contributed by atoms with E-state index in [-0.39, 0.29) is 5.56 Å². The van der Waals surface area contributed by atoms with Crippen LogP contribution in [0.15, 0.2) is 29.3 Å². The fourth-order valence-electron chi connectivity index (χ4n) is 1.88. The first-order valence-corrected chi connectivity index (χ1v) is 6.86. The minimum absolute atomic E-state index is 0.0121. The summed E-state index contributed by atoms with van der Waals surface area (Å²) in [6.07, 6.45) is 6.34. The van der Waals surface area contributed by atoms with Crippen molar-refractivity contribution in [3.05, 3.63) is 46.5 Å². The van der Waals surface area contributed by atoms with Gasteiger partial charge in [-0.3, -0.25) is 0 Å². The van der Waals surface area contributed by atoms with E-state index in [2.05, 4.69) is 22.5 Å². The van der Waals surface area contributed by atoms with Gasteiger partial charge < -0.3 is 5.73 Å². The molecule has 0 aliphatic carbocycles. The van der Waals surface area contributed by atoms with E-state index in [1.807, 2.05) is 6.08 Å². The van der Waals surface area contributed by atoms with Gasteiger partial charge in [0.15, 0.2) is 0 Å². The molecule has 1 rings (SSSR count). The first-order valence-electron chi connectivity index (χ1n) is 6.07. The molecular formula is C14H18BrF2N. The van der Waals surface area contributed by atoms with Crippen LogP contribution in [0.4, 0.5) is 8.78 Å². The summed E-state index contributed by atoms with van der Waals surface area (Å²) in [4.78, 5) is 0. The molecule has 1 nitrogen and oxygen atoms in total. The summed E-state index contributed by atoms with van der Waals surface area (Å²) in [5.74, 6) is -1.17. The van der Waals surface area contributed by atoms with Crippen LogP contribution in [0.3, 0.4) is 0 Å². The number of allylic oxidation sites excluding steroid dienone is 1. The summed E-state index contributed by atoms with van der Waals surface area (Å²) in [5, 5.41) is 0. The van der Waals surface area contributed by atoms with E-state index in [0.29, 0.717) is 10.9 Å². The number of hydrogen-bond donors (Lipinski definition) is 1. The predicted molar refractivity (Wildman–Crippen MR) is 74.3 cm³/mol. The average molecular weight is 318 g/mol. The third-order valence-electron chi connectivity index (χ3n) is 2.84. The number of unbranched alkanes of at least 4 members (excludes halogenated alkanes) is 3. The van der Waals surface area contributed by atoms with Gasteiger partial charge in [-0.1, -0.05) is 34.8 Å². The fraction of sp³-hybridized carbons (Fsp3) is 0.429. The van der Waals surface area contributed by atoms with E-state index in [1.165, 1.54) is 12.1 Å². The summed E-state index contributed by atoms with van der Waals surface area (Å²) < 4.78 is 27.6. The molecule has 0 spiro atoms. The third kappa shape index (κ3) is 4.50. The Morgan fingerprint density at radius 3 is 2.39 bits per heavy atom. The quantitative estimate of drug-likeness (QED) is 0.564. The Bertz CT molecular complexity index is 384. The van der Waals surface area contributed by atoms with Crippen molar-refractivity contribution in [2.45, 2.75) is 38.1 Å². The Hall–Kier alpha value is -0.740. The third-order valence-corrected chi connectivity index (χ3v) is 3.30. The van der Waals surface area contributed by atoms with Crippen LogP contribution in [0, 0.1) is 11.6 Å². The van der Waals surface area contributed by atoms with Crippen molar-refractivity contribution >= 4 is 15.9 Å². The molecule has 0 amide bonds. The van der Waals surface area contributed by atoms with E-state index < -0.39 is 17.7 Å². The molecule has 0 aromatic heterocycles. The van der Waals surface area contributed by atoms with Crippen molar-refractivity contribution in [2.24, 2.45) is 5.73 Å². The smallest absolute Gasteiger partial charge is 0.132 e. The zero-order valence-electron chi connectivity index (χ0n) is 10.3. The minimum atomic E-state index is -0.583. The first kappa shape index (κ1) is 15.3. The Morgan fingerprint density at radius 1 is 1.22 bits per heavy atom. The zero-order chi connectivity index (χ0) is 13.5. The number of benzene rings is 1. The zero-order valence-corrected chi connectivity index (χ0v) is 11.8. The molecule has 1 aromatic rings. The van der Waals surface area contributed by atoms with Crippen molar-refractivity contribution in [3.8, 4) is 0 Å². The van der Waals surface area contributed by atoms with Crippen LogP contribution in [0.25, 0.3) is 0 Å². The Balaban J connectivity index is 2.56. The molecule has 4 heteroatoms. The van der Waals surface area contributed by atoms with E-state index in [0.717, 1.165) is 25.7 Å². The van der Waals surface area contributed by atoms with Gasteiger partial charge in [0.25, 0.3) is 0 Å². The van der Waals surface area contributed by atoms with E-state index in [1.54, 1.807) is 0 Å². The lowest BCUT2D eigenvalue weighted by Crippen LogP contribution is -2.14. The molecule has 0 saturated heterocycles. The van der Waals surface area contributed by atoms with Gasteiger partial charge >= 0.3 is 0 Å². The maximum atomic E-state index is 13.6. The van der Waals surface area contributed by atoms with Gasteiger partial charge in [-0.25, -0.2) is 8.78 Å². The molecule has 0 heterocycles. The second kappa shape index (κ2) is 7.64. The van der Waals surface area contributed by atoms with Gasteiger partial charge in [-0.15, -0.1) is 6.58 Å². The Kier molecular flexibility index (Phi) is 6.50. The molecule has 1 unspecified atom stereocenters. The summed E-state index contributed by atoms with van der Waals surface area (Å²) in [7, 11) is 0. The van der Waals surface area contributed by atoms with Crippen LogP contribution in [-0.2, 0) is 0 Å². The summed E-state index contributed by atoms with van der Waals surface area (Å²) in [6.45, 7) is 3.64. The number of hydrogen-bond acceptors (Lipinski definition) is 1. The molecule has 0 bridgehead atoms. The minimum Gasteiger partial charge on any atom is -0.324 e. The van der Waals surface area contributed by atoms with Crippen molar-refractivity contribution in [1.82, 2.24) is 0 Å². The van der Waals surface area contributed by atoms with Gasteiger partial charge in [-0.05, 0) is 31.4 Å². The lowest BCUT2D eigenvalue weighted by atomic mass is 10.00. The molecule has 0 aliphatic heterocycles. The molecule has 2 N–H and O–H groups in total. The van der Waals surface area contributed by atoms with E-state index in [9.17, 15) is 8.78 Å². The molecule has 18 heavy (non-hydrogen) atoms. The van der Waals surface area contributed by atoms with Crippen molar-refractivity contribution in [2.75, 3.05) is 0 Å². The van der Waals surface area contributed by atoms with Crippen molar-refractivity contribution in [3.63, 3.8) is 0 Å². The molecule has 100 valence electrons. The van der Waals surface area contributed by atoms with Crippen LogP contribution in [0.1, 0.15) is 43.7 Å². The van der Waals surface area contributed by atoms with Gasteiger partial charge in [-0.2, -0.15) is 0 Å².